The number of hydrogen-bond donors (Lipinski definition) is 0. The molecule has 1 heterocycles. The van der Waals surface area contributed by atoms with Crippen molar-refractivity contribution < 1.29 is 27.1 Å². The van der Waals surface area contributed by atoms with Gasteiger partial charge in [0, 0.05) is 6.54 Å². The van der Waals surface area contributed by atoms with Crippen LogP contribution in [0.4, 0.5) is 10.1 Å². The fourth-order valence-electron chi connectivity index (χ4n) is 3.71. The number of imide groups is 1. The maximum atomic E-state index is 13.6. The number of sulfonamides is 1. The standard InChI is InChI=1S/C24H21FN2O5S/c1-32-20-11-13-21(14-12-20)33(30,31)26(16-17-5-3-2-4-6-17)22-15-23(28)27(24(22)29)19-9-7-18(25)8-10-19/h2-14,22H,15-16H2,1H3. The largest absolute Gasteiger partial charge is 0.497 e. The van der Waals surface area contributed by atoms with E-state index in [0.29, 0.717) is 11.3 Å². The minimum Gasteiger partial charge on any atom is -0.497 e. The summed E-state index contributed by atoms with van der Waals surface area (Å²) in [5, 5.41) is 0. The lowest BCUT2D eigenvalue weighted by Crippen LogP contribution is -2.45. The van der Waals surface area contributed by atoms with Crippen molar-refractivity contribution in [2.75, 3.05) is 12.0 Å². The van der Waals surface area contributed by atoms with Gasteiger partial charge in [0.15, 0.2) is 0 Å². The van der Waals surface area contributed by atoms with Gasteiger partial charge in [-0.25, -0.2) is 17.7 Å². The number of carbonyl (C=O) groups is 2. The summed E-state index contributed by atoms with van der Waals surface area (Å²) >= 11 is 0. The molecule has 0 aliphatic carbocycles. The summed E-state index contributed by atoms with van der Waals surface area (Å²) in [5.41, 5.74) is 0.852. The summed E-state index contributed by atoms with van der Waals surface area (Å²) in [5.74, 6) is -1.26. The predicted molar refractivity (Wildman–Crippen MR) is 119 cm³/mol. The number of amides is 2. The van der Waals surface area contributed by atoms with E-state index in [-0.39, 0.29) is 23.5 Å². The summed E-state index contributed by atoms with van der Waals surface area (Å²) < 4.78 is 46.7. The first-order valence-corrected chi connectivity index (χ1v) is 11.6. The first kappa shape index (κ1) is 22.6. The van der Waals surface area contributed by atoms with Crippen molar-refractivity contribution in [1.82, 2.24) is 4.31 Å². The van der Waals surface area contributed by atoms with E-state index in [9.17, 15) is 22.4 Å². The van der Waals surface area contributed by atoms with E-state index in [0.717, 1.165) is 21.3 Å². The van der Waals surface area contributed by atoms with Gasteiger partial charge in [0.25, 0.3) is 5.91 Å². The molecular weight excluding hydrogens is 447 g/mol. The van der Waals surface area contributed by atoms with Crippen LogP contribution in [0.5, 0.6) is 5.75 Å². The SMILES string of the molecule is COc1ccc(S(=O)(=O)N(Cc2ccccc2)C2CC(=O)N(c3ccc(F)cc3)C2=O)cc1. The molecular formula is C24H21FN2O5S. The molecule has 9 heteroatoms. The molecule has 0 saturated carbocycles. The average Bonchev–Trinajstić information content (AvgIpc) is 3.12. The van der Waals surface area contributed by atoms with Gasteiger partial charge in [-0.05, 0) is 54.1 Å². The van der Waals surface area contributed by atoms with E-state index >= 15 is 0 Å². The average molecular weight is 469 g/mol. The van der Waals surface area contributed by atoms with E-state index in [1.165, 1.54) is 43.5 Å². The third-order valence-corrected chi connectivity index (χ3v) is 7.27. The van der Waals surface area contributed by atoms with Crippen molar-refractivity contribution in [3.05, 3.63) is 90.2 Å². The molecule has 170 valence electrons. The van der Waals surface area contributed by atoms with Crippen molar-refractivity contribution in [2.45, 2.75) is 23.9 Å². The van der Waals surface area contributed by atoms with Gasteiger partial charge < -0.3 is 4.74 Å². The second-order valence-electron chi connectivity index (χ2n) is 7.48. The molecule has 1 aliphatic heterocycles. The Labute approximate surface area is 191 Å². The number of carbonyl (C=O) groups excluding carboxylic acids is 2. The number of benzene rings is 3. The molecule has 0 spiro atoms. The van der Waals surface area contributed by atoms with Crippen LogP contribution in [-0.2, 0) is 26.2 Å². The minimum atomic E-state index is -4.16. The number of anilines is 1. The van der Waals surface area contributed by atoms with Crippen molar-refractivity contribution >= 4 is 27.5 Å². The number of ether oxygens (including phenoxy) is 1. The quantitative estimate of drug-likeness (QED) is 0.497. The van der Waals surface area contributed by atoms with Crippen LogP contribution >= 0.6 is 0 Å². The Hall–Kier alpha value is -3.56. The monoisotopic (exact) mass is 468 g/mol. The van der Waals surface area contributed by atoms with E-state index in [1.807, 2.05) is 0 Å². The molecule has 0 bridgehead atoms. The van der Waals surface area contributed by atoms with Crippen LogP contribution in [0.25, 0.3) is 0 Å². The molecule has 0 radical (unpaired) electrons. The molecule has 1 saturated heterocycles. The molecule has 3 aromatic rings. The van der Waals surface area contributed by atoms with Crippen LogP contribution in [0.15, 0.2) is 83.8 Å². The Morgan fingerprint density at radius 2 is 1.61 bits per heavy atom. The highest BCUT2D eigenvalue weighted by Gasteiger charge is 2.47. The van der Waals surface area contributed by atoms with Crippen LogP contribution < -0.4 is 9.64 Å². The number of rotatable bonds is 7. The van der Waals surface area contributed by atoms with Gasteiger partial charge in [0.05, 0.1) is 24.1 Å². The maximum absolute atomic E-state index is 13.6. The highest BCUT2D eigenvalue weighted by molar-refractivity contribution is 7.89. The zero-order valence-corrected chi connectivity index (χ0v) is 18.5. The Bertz CT molecular complexity index is 1260. The zero-order valence-electron chi connectivity index (χ0n) is 17.7. The van der Waals surface area contributed by atoms with E-state index in [4.69, 9.17) is 4.74 Å². The zero-order chi connectivity index (χ0) is 23.6. The maximum Gasteiger partial charge on any atom is 0.252 e. The van der Waals surface area contributed by atoms with Gasteiger partial charge in [-0.1, -0.05) is 30.3 Å². The van der Waals surface area contributed by atoms with Gasteiger partial charge in [-0.3, -0.25) is 9.59 Å². The fourth-order valence-corrected chi connectivity index (χ4v) is 5.28. The van der Waals surface area contributed by atoms with Crippen molar-refractivity contribution in [3.8, 4) is 5.75 Å². The van der Waals surface area contributed by atoms with E-state index < -0.39 is 33.7 Å². The molecule has 0 aromatic heterocycles. The number of hydrogen-bond acceptors (Lipinski definition) is 5. The van der Waals surface area contributed by atoms with E-state index in [1.54, 1.807) is 30.3 Å². The number of nitrogens with zero attached hydrogens (tertiary/aromatic N) is 2. The first-order chi connectivity index (χ1) is 15.8. The molecule has 33 heavy (non-hydrogen) atoms. The summed E-state index contributed by atoms with van der Waals surface area (Å²) in [6.07, 6.45) is -0.321. The summed E-state index contributed by atoms with van der Waals surface area (Å²) in [6, 6.07) is 18.3. The second kappa shape index (κ2) is 9.13. The smallest absolute Gasteiger partial charge is 0.252 e. The number of methoxy groups -OCH3 is 1. The molecule has 4 rings (SSSR count). The predicted octanol–water partition coefficient (Wildman–Crippen LogP) is 3.36. The molecule has 3 aromatic carbocycles. The molecule has 1 aliphatic rings. The minimum absolute atomic E-state index is 0.0280. The van der Waals surface area contributed by atoms with Gasteiger partial charge in [-0.2, -0.15) is 4.31 Å². The first-order valence-electron chi connectivity index (χ1n) is 10.1. The Balaban J connectivity index is 1.73. The highest BCUT2D eigenvalue weighted by Crippen LogP contribution is 2.31. The molecule has 1 unspecified atom stereocenters. The third-order valence-electron chi connectivity index (χ3n) is 5.40. The molecule has 0 N–H and O–H groups in total. The van der Waals surface area contributed by atoms with Crippen LogP contribution in [0, 0.1) is 5.82 Å². The van der Waals surface area contributed by atoms with E-state index in [2.05, 4.69) is 0 Å². The topological polar surface area (TPSA) is 84.0 Å². The van der Waals surface area contributed by atoms with Crippen LogP contribution in [0.2, 0.25) is 0 Å². The Kier molecular flexibility index (Phi) is 6.26. The molecule has 1 atom stereocenters. The second-order valence-corrected chi connectivity index (χ2v) is 9.37. The van der Waals surface area contributed by atoms with Crippen LogP contribution in [0.1, 0.15) is 12.0 Å². The fraction of sp³-hybridized carbons (Fsp3) is 0.167. The van der Waals surface area contributed by atoms with Gasteiger partial charge in [-0.15, -0.1) is 0 Å². The molecule has 7 nitrogen and oxygen atoms in total. The molecule has 2 amide bonds. The van der Waals surface area contributed by atoms with Crippen LogP contribution in [-0.4, -0.2) is 37.7 Å². The molecule has 1 fully saturated rings. The normalized spacial score (nSPS) is 16.5. The van der Waals surface area contributed by atoms with Crippen molar-refractivity contribution in [3.63, 3.8) is 0 Å². The lowest BCUT2D eigenvalue weighted by Gasteiger charge is -2.27. The van der Waals surface area contributed by atoms with Gasteiger partial charge in [0.2, 0.25) is 15.9 Å². The lowest BCUT2D eigenvalue weighted by molar-refractivity contribution is -0.122. The highest BCUT2D eigenvalue weighted by atomic mass is 32.2. The summed E-state index contributed by atoms with van der Waals surface area (Å²) in [7, 11) is -2.69. The van der Waals surface area contributed by atoms with Crippen molar-refractivity contribution in [1.29, 1.82) is 0 Å². The lowest BCUT2D eigenvalue weighted by atomic mass is 10.2. The summed E-state index contributed by atoms with van der Waals surface area (Å²) in [4.78, 5) is 26.9. The number of halogens is 1. The summed E-state index contributed by atoms with van der Waals surface area (Å²) in [6.45, 7) is -0.101. The van der Waals surface area contributed by atoms with Crippen molar-refractivity contribution in [2.24, 2.45) is 0 Å². The Morgan fingerprint density at radius 3 is 2.21 bits per heavy atom. The third kappa shape index (κ3) is 4.50. The van der Waals surface area contributed by atoms with Gasteiger partial charge in [0.1, 0.15) is 17.6 Å². The Morgan fingerprint density at radius 1 is 0.970 bits per heavy atom. The van der Waals surface area contributed by atoms with Gasteiger partial charge >= 0.3 is 0 Å². The van der Waals surface area contributed by atoms with Crippen LogP contribution in [0.3, 0.4) is 0 Å².